The summed E-state index contributed by atoms with van der Waals surface area (Å²) in [6.07, 6.45) is 1.39. The Labute approximate surface area is 111 Å². The van der Waals surface area contributed by atoms with E-state index in [4.69, 9.17) is 4.74 Å². The summed E-state index contributed by atoms with van der Waals surface area (Å²) in [4.78, 5) is 0. The summed E-state index contributed by atoms with van der Waals surface area (Å²) in [5.74, 6) is 0. The van der Waals surface area contributed by atoms with Gasteiger partial charge in [-0.3, -0.25) is 0 Å². The van der Waals surface area contributed by atoms with E-state index in [1.54, 1.807) is 0 Å². The van der Waals surface area contributed by atoms with Crippen molar-refractivity contribution < 1.29 is 4.74 Å². The summed E-state index contributed by atoms with van der Waals surface area (Å²) >= 11 is 0. The van der Waals surface area contributed by atoms with Gasteiger partial charge in [0.1, 0.15) is 0 Å². The van der Waals surface area contributed by atoms with Gasteiger partial charge in [0.05, 0.1) is 6.10 Å². The molecule has 1 heterocycles. The van der Waals surface area contributed by atoms with Gasteiger partial charge in [0.2, 0.25) is 0 Å². The maximum absolute atomic E-state index is 5.67. The van der Waals surface area contributed by atoms with Gasteiger partial charge in [-0.05, 0) is 57.7 Å². The lowest BCUT2D eigenvalue weighted by Crippen LogP contribution is -2.47. The molecule has 2 nitrogen and oxygen atoms in total. The summed E-state index contributed by atoms with van der Waals surface area (Å²) in [7, 11) is 0. The van der Waals surface area contributed by atoms with Gasteiger partial charge in [0.15, 0.2) is 0 Å². The molecular weight excluding hydrogens is 222 g/mol. The molecule has 2 heteroatoms. The van der Waals surface area contributed by atoms with E-state index in [0.29, 0.717) is 6.10 Å². The van der Waals surface area contributed by atoms with Crippen LogP contribution < -0.4 is 5.32 Å². The Morgan fingerprint density at radius 1 is 1.28 bits per heavy atom. The van der Waals surface area contributed by atoms with Crippen LogP contribution in [0.4, 0.5) is 0 Å². The second kappa shape index (κ2) is 5.02. The molecule has 1 N–H and O–H groups in total. The number of hydrogen-bond acceptors (Lipinski definition) is 2. The predicted molar refractivity (Wildman–Crippen MR) is 75.9 cm³/mol. The first-order chi connectivity index (χ1) is 8.42. The maximum Gasteiger partial charge on any atom is 0.0726 e. The number of aryl methyl sites for hydroxylation is 3. The monoisotopic (exact) mass is 247 g/mol. The summed E-state index contributed by atoms with van der Waals surface area (Å²) in [5, 5.41) is 3.70. The van der Waals surface area contributed by atoms with Crippen LogP contribution in [0.25, 0.3) is 0 Å². The average Bonchev–Trinajstić information content (AvgIpc) is 2.58. The molecule has 0 aromatic heterocycles. The quantitative estimate of drug-likeness (QED) is 0.885. The summed E-state index contributed by atoms with van der Waals surface area (Å²) in [6.45, 7) is 12.8. The lowest BCUT2D eigenvalue weighted by Gasteiger charge is -2.30. The fraction of sp³-hybridized carbons (Fsp3) is 0.625. The van der Waals surface area contributed by atoms with Crippen molar-refractivity contribution in [3.8, 4) is 0 Å². The molecule has 0 aliphatic carbocycles. The van der Waals surface area contributed by atoms with Crippen LogP contribution in [0.5, 0.6) is 0 Å². The molecule has 1 aromatic carbocycles. The van der Waals surface area contributed by atoms with Crippen LogP contribution in [-0.4, -0.2) is 18.2 Å². The van der Waals surface area contributed by atoms with Crippen molar-refractivity contribution in [3.63, 3.8) is 0 Å². The summed E-state index contributed by atoms with van der Waals surface area (Å²) in [5.41, 5.74) is 5.66. The van der Waals surface area contributed by atoms with Gasteiger partial charge < -0.3 is 10.1 Å². The third-order valence-electron chi connectivity index (χ3n) is 4.40. The Kier molecular flexibility index (Phi) is 3.79. The van der Waals surface area contributed by atoms with E-state index in [1.165, 1.54) is 22.3 Å². The second-order valence-electron chi connectivity index (χ2n) is 5.91. The first kappa shape index (κ1) is 13.6. The van der Waals surface area contributed by atoms with Crippen LogP contribution in [0, 0.1) is 20.8 Å². The fourth-order valence-corrected chi connectivity index (χ4v) is 2.85. The van der Waals surface area contributed by atoms with Crippen molar-refractivity contribution >= 4 is 0 Å². The molecule has 1 aliphatic heterocycles. The molecule has 0 radical (unpaired) electrons. The molecule has 2 unspecified atom stereocenters. The molecule has 2 atom stereocenters. The predicted octanol–water partition coefficient (Wildman–Crippen LogP) is 3.27. The van der Waals surface area contributed by atoms with Crippen LogP contribution in [0.2, 0.25) is 0 Å². The minimum atomic E-state index is 0.115. The highest BCUT2D eigenvalue weighted by molar-refractivity contribution is 5.37. The smallest absolute Gasteiger partial charge is 0.0726 e. The molecule has 0 spiro atoms. The van der Waals surface area contributed by atoms with Crippen molar-refractivity contribution in [1.82, 2.24) is 5.32 Å². The standard InChI is InChI=1S/C16H25NO/c1-11-8-12(2)15(13(3)9-11)10-17-16(5)6-7-18-14(16)4/h8-9,14,17H,6-7,10H2,1-5H3. The Balaban J connectivity index is 2.11. The Morgan fingerprint density at radius 2 is 1.89 bits per heavy atom. The number of nitrogens with one attached hydrogen (secondary N) is 1. The van der Waals surface area contributed by atoms with Gasteiger partial charge >= 0.3 is 0 Å². The molecule has 2 rings (SSSR count). The first-order valence-corrected chi connectivity index (χ1v) is 6.86. The van der Waals surface area contributed by atoms with Crippen LogP contribution >= 0.6 is 0 Å². The largest absolute Gasteiger partial charge is 0.377 e. The third kappa shape index (κ3) is 2.60. The molecule has 1 saturated heterocycles. The van der Waals surface area contributed by atoms with Gasteiger partial charge in [-0.1, -0.05) is 17.7 Å². The molecular formula is C16H25NO. The van der Waals surface area contributed by atoms with E-state index < -0.39 is 0 Å². The molecule has 1 aromatic rings. The number of rotatable bonds is 3. The molecule has 0 amide bonds. The molecule has 1 fully saturated rings. The third-order valence-corrected chi connectivity index (χ3v) is 4.40. The molecule has 1 aliphatic rings. The van der Waals surface area contributed by atoms with E-state index in [0.717, 1.165) is 19.6 Å². The van der Waals surface area contributed by atoms with Crippen molar-refractivity contribution in [2.24, 2.45) is 0 Å². The van der Waals surface area contributed by atoms with Crippen LogP contribution in [0.3, 0.4) is 0 Å². The van der Waals surface area contributed by atoms with Crippen molar-refractivity contribution in [2.45, 2.75) is 59.2 Å². The average molecular weight is 247 g/mol. The van der Waals surface area contributed by atoms with E-state index >= 15 is 0 Å². The van der Waals surface area contributed by atoms with Crippen LogP contribution in [-0.2, 0) is 11.3 Å². The molecule has 0 bridgehead atoms. The molecule has 100 valence electrons. The zero-order chi connectivity index (χ0) is 13.3. The fourth-order valence-electron chi connectivity index (χ4n) is 2.85. The highest BCUT2D eigenvalue weighted by Crippen LogP contribution is 2.26. The van der Waals surface area contributed by atoms with Crippen molar-refractivity contribution in [1.29, 1.82) is 0 Å². The maximum atomic E-state index is 5.67. The lowest BCUT2D eigenvalue weighted by molar-refractivity contribution is 0.0881. The second-order valence-corrected chi connectivity index (χ2v) is 5.91. The highest BCUT2D eigenvalue weighted by atomic mass is 16.5. The molecule has 18 heavy (non-hydrogen) atoms. The Morgan fingerprint density at radius 3 is 2.39 bits per heavy atom. The number of hydrogen-bond donors (Lipinski definition) is 1. The zero-order valence-electron chi connectivity index (χ0n) is 12.3. The van der Waals surface area contributed by atoms with Gasteiger partial charge in [-0.2, -0.15) is 0 Å². The van der Waals surface area contributed by atoms with Crippen molar-refractivity contribution in [2.75, 3.05) is 6.61 Å². The lowest BCUT2D eigenvalue weighted by atomic mass is 9.93. The first-order valence-electron chi connectivity index (χ1n) is 6.86. The van der Waals surface area contributed by atoms with Gasteiger partial charge in [-0.15, -0.1) is 0 Å². The summed E-state index contributed by atoms with van der Waals surface area (Å²) < 4.78 is 5.67. The normalized spacial score (nSPS) is 27.7. The van der Waals surface area contributed by atoms with E-state index in [2.05, 4.69) is 52.1 Å². The number of ether oxygens (including phenoxy) is 1. The molecule has 0 saturated carbocycles. The van der Waals surface area contributed by atoms with Crippen molar-refractivity contribution in [3.05, 3.63) is 34.4 Å². The van der Waals surface area contributed by atoms with E-state index in [-0.39, 0.29) is 5.54 Å². The van der Waals surface area contributed by atoms with Crippen LogP contribution in [0.15, 0.2) is 12.1 Å². The topological polar surface area (TPSA) is 21.3 Å². The Hall–Kier alpha value is -0.860. The van der Waals surface area contributed by atoms with E-state index in [9.17, 15) is 0 Å². The number of benzene rings is 1. The zero-order valence-corrected chi connectivity index (χ0v) is 12.3. The van der Waals surface area contributed by atoms with Crippen LogP contribution in [0.1, 0.15) is 42.5 Å². The highest BCUT2D eigenvalue weighted by Gasteiger charge is 2.36. The minimum Gasteiger partial charge on any atom is -0.377 e. The summed E-state index contributed by atoms with van der Waals surface area (Å²) in [6, 6.07) is 4.53. The van der Waals surface area contributed by atoms with E-state index in [1.807, 2.05) is 0 Å². The van der Waals surface area contributed by atoms with Gasteiger partial charge in [-0.25, -0.2) is 0 Å². The SMILES string of the molecule is Cc1cc(C)c(CNC2(C)CCOC2C)c(C)c1. The Bertz CT molecular complexity index is 418. The van der Waals surface area contributed by atoms with Gasteiger partial charge in [0.25, 0.3) is 0 Å². The van der Waals surface area contributed by atoms with Gasteiger partial charge in [0, 0.05) is 18.7 Å². The minimum absolute atomic E-state index is 0.115.